The minimum atomic E-state index is -2.97. The van der Waals surface area contributed by atoms with Crippen LogP contribution in [0.5, 0.6) is 11.5 Å². The van der Waals surface area contributed by atoms with E-state index in [-0.39, 0.29) is 54.0 Å². The van der Waals surface area contributed by atoms with Gasteiger partial charge in [0.2, 0.25) is 17.7 Å². The molecule has 1 aromatic heterocycles. The summed E-state index contributed by atoms with van der Waals surface area (Å²) in [6.45, 7) is 3.86. The van der Waals surface area contributed by atoms with Gasteiger partial charge in [-0.3, -0.25) is 24.2 Å². The van der Waals surface area contributed by atoms with Crippen LogP contribution in [-0.4, -0.2) is 88.4 Å². The van der Waals surface area contributed by atoms with Gasteiger partial charge in [0.05, 0.1) is 5.41 Å². The lowest BCUT2D eigenvalue weighted by Gasteiger charge is -2.45. The second kappa shape index (κ2) is 11.3. The van der Waals surface area contributed by atoms with Gasteiger partial charge in [-0.2, -0.15) is 8.78 Å². The number of carbonyl (C=O) groups excluding carboxylic acids is 3. The number of phenols is 1. The minimum absolute atomic E-state index is 0.0272. The highest BCUT2D eigenvalue weighted by molar-refractivity contribution is 6.00. The van der Waals surface area contributed by atoms with Gasteiger partial charge in [0.1, 0.15) is 11.5 Å². The number of benzene rings is 2. The third kappa shape index (κ3) is 5.35. The maximum Gasteiger partial charge on any atom is 0.387 e. The molecule has 11 heteroatoms. The number of halogens is 2. The Hall–Kier alpha value is -3.99. The number of fused-ring (bicyclic) bond motifs is 4. The van der Waals surface area contributed by atoms with E-state index in [4.69, 9.17) is 4.74 Å². The van der Waals surface area contributed by atoms with E-state index in [0.29, 0.717) is 51.0 Å². The first kappa shape index (κ1) is 29.1. The molecule has 3 atom stereocenters. The Labute approximate surface area is 248 Å². The number of alkyl halides is 2. The van der Waals surface area contributed by atoms with Crippen LogP contribution in [0.4, 0.5) is 8.78 Å². The number of carbonyl (C=O) groups is 3. The second-order valence-electron chi connectivity index (χ2n) is 12.1. The minimum Gasteiger partial charge on any atom is -0.508 e. The van der Waals surface area contributed by atoms with Crippen molar-refractivity contribution in [2.45, 2.75) is 45.6 Å². The lowest BCUT2D eigenvalue weighted by atomic mass is 9.59. The van der Waals surface area contributed by atoms with E-state index in [1.807, 2.05) is 13.0 Å². The molecule has 3 amide bonds. The van der Waals surface area contributed by atoms with Crippen molar-refractivity contribution < 1.29 is 33.0 Å². The molecule has 228 valence electrons. The normalized spacial score (nSPS) is 24.7. The van der Waals surface area contributed by atoms with Crippen LogP contribution in [0.2, 0.25) is 0 Å². The molecular weight excluding hydrogens is 558 g/mol. The molecule has 2 N–H and O–H groups in total. The van der Waals surface area contributed by atoms with Gasteiger partial charge in [-0.1, -0.05) is 19.1 Å². The van der Waals surface area contributed by atoms with Crippen molar-refractivity contribution in [2.24, 2.45) is 11.3 Å². The fraction of sp³-hybridized carbons (Fsp3) is 0.469. The summed E-state index contributed by atoms with van der Waals surface area (Å²) >= 11 is 0. The van der Waals surface area contributed by atoms with Crippen molar-refractivity contribution >= 4 is 28.6 Å². The van der Waals surface area contributed by atoms with E-state index < -0.39 is 12.0 Å². The number of imide groups is 1. The summed E-state index contributed by atoms with van der Waals surface area (Å²) in [4.78, 5) is 48.6. The molecule has 3 aromatic rings. The molecular formula is C32H36F2N4O5. The van der Waals surface area contributed by atoms with E-state index in [1.54, 1.807) is 42.2 Å². The van der Waals surface area contributed by atoms with Crippen LogP contribution in [-0.2, 0) is 20.8 Å². The molecule has 2 saturated heterocycles. The van der Waals surface area contributed by atoms with Gasteiger partial charge in [0.15, 0.2) is 0 Å². The molecule has 0 bridgehead atoms. The number of phenolic OH excluding ortho intramolecular Hbond substituents is 1. The maximum absolute atomic E-state index is 14.5. The Morgan fingerprint density at radius 2 is 1.88 bits per heavy atom. The average molecular weight is 595 g/mol. The van der Waals surface area contributed by atoms with Crippen LogP contribution in [0, 0.1) is 11.3 Å². The highest BCUT2D eigenvalue weighted by Gasteiger charge is 2.54. The molecule has 0 saturated carbocycles. The maximum atomic E-state index is 14.5. The number of hydrogen-bond donors (Lipinski definition) is 2. The average Bonchev–Trinajstić information content (AvgIpc) is 3.28. The third-order valence-corrected chi connectivity index (χ3v) is 9.60. The number of H-pyrrole nitrogens is 1. The molecule has 0 radical (unpaired) electrons. The first-order valence-corrected chi connectivity index (χ1v) is 14.8. The lowest BCUT2D eigenvalue weighted by molar-refractivity contribution is -0.151. The predicted molar refractivity (Wildman–Crippen MR) is 155 cm³/mol. The quantitative estimate of drug-likeness (QED) is 0.417. The van der Waals surface area contributed by atoms with Crippen molar-refractivity contribution in [1.29, 1.82) is 0 Å². The van der Waals surface area contributed by atoms with Gasteiger partial charge >= 0.3 is 6.61 Å². The molecule has 1 unspecified atom stereocenters. The van der Waals surface area contributed by atoms with Crippen molar-refractivity contribution in [3.8, 4) is 11.5 Å². The summed E-state index contributed by atoms with van der Waals surface area (Å²) in [6.07, 6.45) is 1.01. The lowest BCUT2D eigenvalue weighted by Crippen LogP contribution is -2.53. The van der Waals surface area contributed by atoms with E-state index >= 15 is 0 Å². The number of amides is 3. The van der Waals surface area contributed by atoms with Crippen LogP contribution < -0.4 is 4.74 Å². The van der Waals surface area contributed by atoms with Gasteiger partial charge in [0, 0.05) is 75.1 Å². The third-order valence-electron chi connectivity index (χ3n) is 9.60. The van der Waals surface area contributed by atoms with E-state index in [1.165, 1.54) is 11.0 Å². The van der Waals surface area contributed by atoms with Gasteiger partial charge < -0.3 is 19.7 Å². The highest BCUT2D eigenvalue weighted by atomic mass is 19.3. The molecule has 2 fully saturated rings. The molecule has 1 aliphatic carbocycles. The summed E-state index contributed by atoms with van der Waals surface area (Å²) in [6, 6.07) is 11.7. The van der Waals surface area contributed by atoms with E-state index in [9.17, 15) is 28.3 Å². The number of ether oxygens (including phenoxy) is 1. The number of aromatic amines is 1. The van der Waals surface area contributed by atoms with Crippen molar-refractivity contribution in [3.63, 3.8) is 0 Å². The van der Waals surface area contributed by atoms with Gasteiger partial charge in [-0.05, 0) is 60.2 Å². The van der Waals surface area contributed by atoms with Crippen LogP contribution in [0.15, 0.2) is 42.5 Å². The molecule has 3 heterocycles. The Kier molecular flexibility index (Phi) is 7.62. The number of piperazine rings is 1. The van der Waals surface area contributed by atoms with Gasteiger partial charge in [0.25, 0.3) is 0 Å². The van der Waals surface area contributed by atoms with Gasteiger partial charge in [-0.15, -0.1) is 0 Å². The molecule has 3 aliphatic rings. The van der Waals surface area contributed by atoms with Crippen LogP contribution in [0.1, 0.15) is 49.4 Å². The molecule has 2 aliphatic heterocycles. The van der Waals surface area contributed by atoms with Crippen LogP contribution in [0.3, 0.4) is 0 Å². The largest absolute Gasteiger partial charge is 0.508 e. The number of hydrogen-bond acceptors (Lipinski definition) is 6. The zero-order chi connectivity index (χ0) is 30.5. The number of nitrogens with zero attached hydrogens (tertiary/aromatic N) is 3. The fourth-order valence-electron chi connectivity index (χ4n) is 7.37. The summed E-state index contributed by atoms with van der Waals surface area (Å²) in [5.74, 6) is -0.890. The molecule has 9 nitrogen and oxygen atoms in total. The van der Waals surface area contributed by atoms with Crippen LogP contribution >= 0.6 is 0 Å². The smallest absolute Gasteiger partial charge is 0.387 e. The van der Waals surface area contributed by atoms with Crippen LogP contribution in [0.25, 0.3) is 10.9 Å². The summed E-state index contributed by atoms with van der Waals surface area (Å²) in [5, 5.41) is 11.1. The number of likely N-dealkylation sites (tertiary alicyclic amines) is 1. The molecule has 0 spiro atoms. The number of nitrogens with one attached hydrogen (secondary N) is 1. The van der Waals surface area contributed by atoms with Crippen molar-refractivity contribution in [1.82, 2.24) is 19.7 Å². The van der Waals surface area contributed by atoms with E-state index in [2.05, 4.69) is 9.88 Å². The molecule has 2 aromatic carbocycles. The Bertz CT molecular complexity index is 1570. The zero-order valence-corrected chi connectivity index (χ0v) is 24.3. The SMILES string of the molecule is CC(=O)N1CCN(CCN2C(=O)CCC3[C@H](c4cccc(O)c4)c4[nH]c5ccc(OC(F)F)cc5c4C[C@@]3(C)C2=O)CC1. The predicted octanol–water partition coefficient (Wildman–Crippen LogP) is 4.10. The fourth-order valence-corrected chi connectivity index (χ4v) is 7.37. The monoisotopic (exact) mass is 594 g/mol. The van der Waals surface area contributed by atoms with E-state index in [0.717, 1.165) is 22.3 Å². The Balaban J connectivity index is 1.37. The number of aromatic nitrogens is 1. The molecule has 43 heavy (non-hydrogen) atoms. The first-order valence-electron chi connectivity index (χ1n) is 14.8. The van der Waals surface area contributed by atoms with Crippen molar-refractivity contribution in [2.75, 3.05) is 39.3 Å². The first-order chi connectivity index (χ1) is 20.5. The number of rotatable bonds is 6. The highest BCUT2D eigenvalue weighted by Crippen LogP contribution is 2.55. The zero-order valence-electron chi connectivity index (χ0n) is 24.3. The number of aromatic hydroxyl groups is 1. The standard InChI is InChI=1S/C32H36F2N4O5/c1-19(39)37-13-10-36(11-14-37)12-15-38-27(41)9-7-25-28(20-4-3-5-21(40)16-20)29-24(18-32(25,2)30(38)42)23-17-22(43-31(33)34)6-8-26(23)35-29/h3-6,8,16-17,25,28,31,35,40H,7,9-15,18H2,1-2H3/t25?,28-,32+/m0/s1. The Morgan fingerprint density at radius 1 is 1.12 bits per heavy atom. The summed E-state index contributed by atoms with van der Waals surface area (Å²) in [5.41, 5.74) is 2.25. The summed E-state index contributed by atoms with van der Waals surface area (Å²) in [7, 11) is 0. The summed E-state index contributed by atoms with van der Waals surface area (Å²) < 4.78 is 30.8. The second-order valence-corrected chi connectivity index (χ2v) is 12.1. The molecule has 6 rings (SSSR count). The van der Waals surface area contributed by atoms with Crippen molar-refractivity contribution in [3.05, 3.63) is 59.3 Å². The van der Waals surface area contributed by atoms with Gasteiger partial charge in [-0.25, -0.2) is 0 Å². The Morgan fingerprint density at radius 3 is 2.58 bits per heavy atom. The topological polar surface area (TPSA) is 106 Å².